The Balaban J connectivity index is 2.69. The van der Waals surface area contributed by atoms with Gasteiger partial charge in [0.15, 0.2) is 6.10 Å². The lowest BCUT2D eigenvalue weighted by Gasteiger charge is -2.11. The molecule has 15 heavy (non-hydrogen) atoms. The molecule has 0 N–H and O–H groups in total. The maximum atomic E-state index is 8.75. The molecule has 80 valence electrons. The van der Waals surface area contributed by atoms with Crippen LogP contribution >= 0.6 is 0 Å². The lowest BCUT2D eigenvalue weighted by Crippen LogP contribution is -2.12. The van der Waals surface area contributed by atoms with E-state index in [-0.39, 0.29) is 6.10 Å². The van der Waals surface area contributed by atoms with Crippen LogP contribution < -0.4 is 9.47 Å². The Morgan fingerprint density at radius 3 is 2.67 bits per heavy atom. The average molecular weight is 205 g/mol. The highest BCUT2D eigenvalue weighted by Crippen LogP contribution is 2.20. The molecule has 3 nitrogen and oxygen atoms in total. The van der Waals surface area contributed by atoms with Crippen molar-refractivity contribution in [3.63, 3.8) is 0 Å². The summed E-state index contributed by atoms with van der Waals surface area (Å²) < 4.78 is 10.8. The molecule has 0 heterocycles. The van der Waals surface area contributed by atoms with Crippen LogP contribution in [0, 0.1) is 11.3 Å². The van der Waals surface area contributed by atoms with Crippen molar-refractivity contribution in [3.8, 4) is 17.6 Å². The summed E-state index contributed by atoms with van der Waals surface area (Å²) in [6.45, 7) is 4.47. The van der Waals surface area contributed by atoms with Gasteiger partial charge in [0.25, 0.3) is 0 Å². The van der Waals surface area contributed by atoms with Gasteiger partial charge in [0.05, 0.1) is 6.61 Å². The number of ether oxygens (including phenoxy) is 2. The Bertz CT molecular complexity index is 344. The minimum Gasteiger partial charge on any atom is -0.494 e. The summed E-state index contributed by atoms with van der Waals surface area (Å²) in [7, 11) is 0. The fraction of sp³-hybridized carbons (Fsp3) is 0.417. The van der Waals surface area contributed by atoms with Gasteiger partial charge in [-0.1, -0.05) is 13.0 Å². The molecule has 3 heteroatoms. The molecule has 1 rings (SSSR count). The van der Waals surface area contributed by atoms with Crippen LogP contribution in [0.2, 0.25) is 0 Å². The van der Waals surface area contributed by atoms with Crippen molar-refractivity contribution >= 4 is 0 Å². The number of hydrogen-bond acceptors (Lipinski definition) is 3. The normalized spacial score (nSPS) is 11.5. The van der Waals surface area contributed by atoms with Crippen molar-refractivity contribution in [2.24, 2.45) is 0 Å². The van der Waals surface area contributed by atoms with Crippen molar-refractivity contribution in [1.29, 1.82) is 5.26 Å². The van der Waals surface area contributed by atoms with Crippen LogP contribution in [0.3, 0.4) is 0 Å². The van der Waals surface area contributed by atoms with Gasteiger partial charge in [0.1, 0.15) is 17.6 Å². The second kappa shape index (κ2) is 5.92. The predicted molar refractivity (Wildman–Crippen MR) is 57.9 cm³/mol. The van der Waals surface area contributed by atoms with Crippen LogP contribution in [-0.2, 0) is 0 Å². The molecule has 0 amide bonds. The van der Waals surface area contributed by atoms with Crippen molar-refractivity contribution in [3.05, 3.63) is 24.3 Å². The molecule has 0 spiro atoms. The Kier molecular flexibility index (Phi) is 4.49. The number of hydrogen-bond donors (Lipinski definition) is 0. The molecule has 1 atom stereocenters. The Morgan fingerprint density at radius 2 is 2.07 bits per heavy atom. The van der Waals surface area contributed by atoms with Crippen LogP contribution in [0.1, 0.15) is 20.3 Å². The number of nitriles is 1. The summed E-state index contributed by atoms with van der Waals surface area (Å²) in [4.78, 5) is 0. The molecule has 0 aliphatic heterocycles. The second-order valence-corrected chi connectivity index (χ2v) is 3.05. The van der Waals surface area contributed by atoms with Gasteiger partial charge >= 0.3 is 0 Å². The molecule has 0 saturated heterocycles. The molecule has 0 bridgehead atoms. The number of nitrogens with zero attached hydrogens (tertiary/aromatic N) is 1. The lowest BCUT2D eigenvalue weighted by atomic mass is 10.3. The summed E-state index contributed by atoms with van der Waals surface area (Å²) in [5, 5.41) is 8.75. The van der Waals surface area contributed by atoms with Crippen molar-refractivity contribution in [2.75, 3.05) is 6.61 Å². The van der Waals surface area contributed by atoms with E-state index in [1.807, 2.05) is 32.0 Å². The summed E-state index contributed by atoms with van der Waals surface area (Å²) in [6.07, 6.45) is 0.289. The van der Waals surface area contributed by atoms with Crippen molar-refractivity contribution < 1.29 is 9.47 Å². The molecule has 0 aliphatic rings. The summed E-state index contributed by atoms with van der Waals surface area (Å²) >= 11 is 0. The van der Waals surface area contributed by atoms with E-state index in [9.17, 15) is 0 Å². The molecule has 1 unspecified atom stereocenters. The van der Waals surface area contributed by atoms with E-state index < -0.39 is 0 Å². The standard InChI is InChI=1S/C12H15NO2/c1-3-10(9-13)15-12-7-5-6-11(8-12)14-4-2/h5-8,10H,3-4H2,1-2H3. The van der Waals surface area contributed by atoms with Crippen LogP contribution in [0.25, 0.3) is 0 Å². The van der Waals surface area contributed by atoms with Crippen LogP contribution in [0.5, 0.6) is 11.5 Å². The molecule has 0 saturated carbocycles. The van der Waals surface area contributed by atoms with Crippen LogP contribution in [0.15, 0.2) is 24.3 Å². The van der Waals surface area contributed by atoms with Crippen molar-refractivity contribution in [2.45, 2.75) is 26.4 Å². The average Bonchev–Trinajstić information content (AvgIpc) is 2.27. The molecule has 0 aliphatic carbocycles. The van der Waals surface area contributed by atoms with E-state index in [2.05, 4.69) is 6.07 Å². The van der Waals surface area contributed by atoms with Crippen LogP contribution in [0.4, 0.5) is 0 Å². The smallest absolute Gasteiger partial charge is 0.184 e. The Labute approximate surface area is 90.2 Å². The van der Waals surface area contributed by atoms with E-state index in [0.29, 0.717) is 18.8 Å². The van der Waals surface area contributed by atoms with E-state index in [1.54, 1.807) is 6.07 Å². The predicted octanol–water partition coefficient (Wildman–Crippen LogP) is 2.77. The quantitative estimate of drug-likeness (QED) is 0.742. The maximum Gasteiger partial charge on any atom is 0.184 e. The first-order valence-electron chi connectivity index (χ1n) is 5.09. The number of benzene rings is 1. The zero-order chi connectivity index (χ0) is 11.1. The second-order valence-electron chi connectivity index (χ2n) is 3.05. The Morgan fingerprint density at radius 1 is 1.33 bits per heavy atom. The largest absolute Gasteiger partial charge is 0.494 e. The van der Waals surface area contributed by atoms with Crippen LogP contribution in [-0.4, -0.2) is 12.7 Å². The lowest BCUT2D eigenvalue weighted by molar-refractivity contribution is 0.249. The fourth-order valence-corrected chi connectivity index (χ4v) is 1.17. The summed E-state index contributed by atoms with van der Waals surface area (Å²) in [5.74, 6) is 1.44. The van der Waals surface area contributed by atoms with Gasteiger partial charge in [0, 0.05) is 6.07 Å². The third-order valence-corrected chi connectivity index (χ3v) is 1.91. The maximum absolute atomic E-state index is 8.75. The van der Waals surface area contributed by atoms with Crippen molar-refractivity contribution in [1.82, 2.24) is 0 Å². The molecule has 0 fully saturated rings. The van der Waals surface area contributed by atoms with Gasteiger partial charge in [-0.3, -0.25) is 0 Å². The van der Waals surface area contributed by atoms with Gasteiger partial charge in [-0.25, -0.2) is 0 Å². The Hall–Kier alpha value is -1.69. The SMILES string of the molecule is CCOc1cccc(OC(C#N)CC)c1. The molecular formula is C12H15NO2. The number of rotatable bonds is 5. The highest BCUT2D eigenvalue weighted by atomic mass is 16.5. The molecule has 1 aromatic carbocycles. The third-order valence-electron chi connectivity index (χ3n) is 1.91. The van der Waals surface area contributed by atoms with Gasteiger partial charge < -0.3 is 9.47 Å². The topological polar surface area (TPSA) is 42.2 Å². The molecule has 0 radical (unpaired) electrons. The molecule has 1 aromatic rings. The summed E-state index contributed by atoms with van der Waals surface area (Å²) in [6, 6.07) is 9.42. The fourth-order valence-electron chi connectivity index (χ4n) is 1.17. The first-order valence-corrected chi connectivity index (χ1v) is 5.09. The van der Waals surface area contributed by atoms with Gasteiger partial charge in [-0.15, -0.1) is 0 Å². The highest BCUT2D eigenvalue weighted by molar-refractivity contribution is 5.33. The van der Waals surface area contributed by atoms with E-state index in [4.69, 9.17) is 14.7 Å². The summed E-state index contributed by atoms with van der Waals surface area (Å²) in [5.41, 5.74) is 0. The minimum absolute atomic E-state index is 0.387. The van der Waals surface area contributed by atoms with E-state index in [1.165, 1.54) is 0 Å². The van der Waals surface area contributed by atoms with Gasteiger partial charge in [-0.2, -0.15) is 5.26 Å². The first-order chi connectivity index (χ1) is 7.30. The third kappa shape index (κ3) is 3.51. The zero-order valence-electron chi connectivity index (χ0n) is 9.06. The van der Waals surface area contributed by atoms with Gasteiger partial charge in [-0.05, 0) is 25.5 Å². The molecule has 0 aromatic heterocycles. The van der Waals surface area contributed by atoms with E-state index in [0.717, 1.165) is 5.75 Å². The zero-order valence-corrected chi connectivity index (χ0v) is 9.06. The molecular weight excluding hydrogens is 190 g/mol. The van der Waals surface area contributed by atoms with E-state index >= 15 is 0 Å². The highest BCUT2D eigenvalue weighted by Gasteiger charge is 2.06. The monoisotopic (exact) mass is 205 g/mol. The van der Waals surface area contributed by atoms with Gasteiger partial charge in [0.2, 0.25) is 0 Å². The first kappa shape index (κ1) is 11.4. The minimum atomic E-state index is -0.387.